The molecule has 0 aliphatic carbocycles. The highest BCUT2D eigenvalue weighted by molar-refractivity contribution is 7.99. The van der Waals surface area contributed by atoms with Crippen molar-refractivity contribution in [2.75, 3.05) is 0 Å². The van der Waals surface area contributed by atoms with E-state index in [9.17, 15) is 5.11 Å². The maximum Gasteiger partial charge on any atom is 0.127 e. The van der Waals surface area contributed by atoms with Gasteiger partial charge in [0.1, 0.15) is 17.2 Å². The molecule has 0 fully saturated rings. The second-order valence-electron chi connectivity index (χ2n) is 8.52. The van der Waals surface area contributed by atoms with Crippen molar-refractivity contribution in [3.05, 3.63) is 103 Å². The van der Waals surface area contributed by atoms with Crippen molar-refractivity contribution >= 4 is 23.5 Å². The van der Waals surface area contributed by atoms with E-state index in [2.05, 4.69) is 57.2 Å². The minimum absolute atomic E-state index is 0.171. The van der Waals surface area contributed by atoms with Crippen LogP contribution in [-0.2, 0) is 5.41 Å². The fourth-order valence-electron chi connectivity index (χ4n) is 3.10. The van der Waals surface area contributed by atoms with Gasteiger partial charge in [-0.3, -0.25) is 0 Å². The van der Waals surface area contributed by atoms with Crippen molar-refractivity contribution in [2.24, 2.45) is 0 Å². The third kappa shape index (κ3) is 6.12. The molecule has 4 aromatic carbocycles. The van der Waals surface area contributed by atoms with Gasteiger partial charge >= 0.3 is 0 Å². The second-order valence-corrected chi connectivity index (χ2v) is 10.8. The van der Waals surface area contributed by atoms with Crippen LogP contribution < -0.4 is 4.74 Å². The molecule has 0 spiro atoms. The average Bonchev–Trinajstić information content (AvgIpc) is 2.78. The SMILES string of the molecule is CC(C)(C)c1ccc(Sc2ccc(Oc3ccc(Sc4ccc(O)cc4)cc3)cc2)cc1. The first-order valence-corrected chi connectivity index (χ1v) is 12.1. The Labute approximate surface area is 198 Å². The van der Waals surface area contributed by atoms with Crippen molar-refractivity contribution < 1.29 is 9.84 Å². The molecule has 0 saturated carbocycles. The van der Waals surface area contributed by atoms with E-state index < -0.39 is 0 Å². The number of hydrogen-bond acceptors (Lipinski definition) is 4. The van der Waals surface area contributed by atoms with Gasteiger partial charge in [-0.1, -0.05) is 56.4 Å². The summed E-state index contributed by atoms with van der Waals surface area (Å²) in [6.45, 7) is 6.70. The van der Waals surface area contributed by atoms with E-state index in [0.717, 1.165) is 21.3 Å². The molecule has 0 aliphatic rings. The van der Waals surface area contributed by atoms with Crippen LogP contribution in [0.15, 0.2) is 117 Å². The molecule has 0 heterocycles. The van der Waals surface area contributed by atoms with Crippen LogP contribution in [-0.4, -0.2) is 5.11 Å². The van der Waals surface area contributed by atoms with Gasteiger partial charge in [-0.2, -0.15) is 0 Å². The largest absolute Gasteiger partial charge is 0.508 e. The molecule has 162 valence electrons. The van der Waals surface area contributed by atoms with Gasteiger partial charge in [0.05, 0.1) is 0 Å². The number of phenols is 1. The third-order valence-electron chi connectivity index (χ3n) is 4.91. The van der Waals surface area contributed by atoms with Gasteiger partial charge in [0.15, 0.2) is 0 Å². The second kappa shape index (κ2) is 9.76. The molecule has 0 atom stereocenters. The molecule has 0 saturated heterocycles. The van der Waals surface area contributed by atoms with Crippen LogP contribution in [0.1, 0.15) is 26.3 Å². The molecular formula is C28H26O2S2. The molecule has 0 radical (unpaired) electrons. The Bertz CT molecular complexity index is 1140. The summed E-state index contributed by atoms with van der Waals surface area (Å²) in [6, 6.07) is 32.2. The van der Waals surface area contributed by atoms with Gasteiger partial charge in [-0.15, -0.1) is 0 Å². The Hall–Kier alpha value is -2.82. The Morgan fingerprint density at radius 2 is 0.875 bits per heavy atom. The average molecular weight is 459 g/mol. The smallest absolute Gasteiger partial charge is 0.127 e. The highest BCUT2D eigenvalue weighted by Crippen LogP contribution is 2.33. The maximum atomic E-state index is 9.40. The lowest BCUT2D eigenvalue weighted by molar-refractivity contribution is 0.475. The van der Waals surface area contributed by atoms with Gasteiger partial charge in [0, 0.05) is 19.6 Å². The zero-order valence-electron chi connectivity index (χ0n) is 18.4. The number of phenolic OH excluding ortho intramolecular Hbond substituents is 1. The standard InChI is InChI=1S/C28H26O2S2/c1-28(2,3)20-4-12-24(13-5-20)31-26-16-8-22(9-17-26)30-23-10-18-27(19-11-23)32-25-14-6-21(29)7-15-25/h4-19,29H,1-3H3. The van der Waals surface area contributed by atoms with Gasteiger partial charge in [-0.25, -0.2) is 0 Å². The zero-order valence-corrected chi connectivity index (χ0v) is 20.0. The predicted octanol–water partition coefficient (Wildman–Crippen LogP) is 8.78. The van der Waals surface area contributed by atoms with E-state index in [1.54, 1.807) is 35.7 Å². The molecule has 4 heteroatoms. The summed E-state index contributed by atoms with van der Waals surface area (Å²) < 4.78 is 6.01. The van der Waals surface area contributed by atoms with Gasteiger partial charge < -0.3 is 9.84 Å². The van der Waals surface area contributed by atoms with Crippen LogP contribution in [0.2, 0.25) is 0 Å². The van der Waals surface area contributed by atoms with E-state index in [1.807, 2.05) is 48.5 Å². The third-order valence-corrected chi connectivity index (χ3v) is 6.94. The fraction of sp³-hybridized carbons (Fsp3) is 0.143. The summed E-state index contributed by atoms with van der Waals surface area (Å²) in [5.74, 6) is 1.90. The zero-order chi connectivity index (χ0) is 22.6. The molecule has 0 aromatic heterocycles. The highest BCUT2D eigenvalue weighted by Gasteiger charge is 2.13. The first-order chi connectivity index (χ1) is 15.3. The number of ether oxygens (including phenoxy) is 1. The topological polar surface area (TPSA) is 29.5 Å². The van der Waals surface area contributed by atoms with Crippen molar-refractivity contribution in [2.45, 2.75) is 45.8 Å². The summed E-state index contributed by atoms with van der Waals surface area (Å²) in [5.41, 5.74) is 1.52. The van der Waals surface area contributed by atoms with Gasteiger partial charge in [-0.05, 0) is 95.9 Å². The number of hydrogen-bond donors (Lipinski definition) is 1. The molecule has 1 N–H and O–H groups in total. The summed E-state index contributed by atoms with van der Waals surface area (Å²) in [4.78, 5) is 4.61. The van der Waals surface area contributed by atoms with E-state index in [4.69, 9.17) is 4.74 Å². The van der Waals surface area contributed by atoms with E-state index >= 15 is 0 Å². The molecule has 0 aliphatic heterocycles. The predicted molar refractivity (Wildman–Crippen MR) is 134 cm³/mol. The van der Waals surface area contributed by atoms with Crippen molar-refractivity contribution in [1.82, 2.24) is 0 Å². The van der Waals surface area contributed by atoms with Crippen LogP contribution >= 0.6 is 23.5 Å². The van der Waals surface area contributed by atoms with Crippen molar-refractivity contribution in [3.8, 4) is 17.2 Å². The molecule has 2 nitrogen and oxygen atoms in total. The van der Waals surface area contributed by atoms with Crippen molar-refractivity contribution in [1.29, 1.82) is 0 Å². The summed E-state index contributed by atoms with van der Waals surface area (Å²) >= 11 is 3.40. The van der Waals surface area contributed by atoms with Crippen LogP contribution in [0.25, 0.3) is 0 Å². The fourth-order valence-corrected chi connectivity index (χ4v) is 4.73. The van der Waals surface area contributed by atoms with Crippen LogP contribution in [0.3, 0.4) is 0 Å². The maximum absolute atomic E-state index is 9.40. The van der Waals surface area contributed by atoms with Crippen LogP contribution in [0.4, 0.5) is 0 Å². The first kappa shape index (κ1) is 22.4. The normalized spacial score (nSPS) is 11.3. The lowest BCUT2D eigenvalue weighted by Crippen LogP contribution is -2.10. The summed E-state index contributed by atoms with van der Waals surface area (Å²) in [7, 11) is 0. The summed E-state index contributed by atoms with van der Waals surface area (Å²) in [6.07, 6.45) is 0. The minimum Gasteiger partial charge on any atom is -0.508 e. The molecular weight excluding hydrogens is 432 g/mol. The Balaban J connectivity index is 1.34. The number of rotatable bonds is 6. The van der Waals surface area contributed by atoms with Crippen molar-refractivity contribution in [3.63, 3.8) is 0 Å². The number of aromatic hydroxyl groups is 1. The lowest BCUT2D eigenvalue weighted by Gasteiger charge is -2.19. The Kier molecular flexibility index (Phi) is 6.83. The summed E-state index contributed by atoms with van der Waals surface area (Å²) in [5, 5.41) is 9.40. The monoisotopic (exact) mass is 458 g/mol. The van der Waals surface area contributed by atoms with E-state index in [-0.39, 0.29) is 11.2 Å². The van der Waals surface area contributed by atoms with Crippen LogP contribution in [0, 0.1) is 0 Å². The molecule has 4 rings (SSSR count). The highest BCUT2D eigenvalue weighted by atomic mass is 32.2. The molecule has 32 heavy (non-hydrogen) atoms. The molecule has 0 unspecified atom stereocenters. The quantitative estimate of drug-likeness (QED) is 0.313. The number of benzene rings is 4. The molecule has 0 amide bonds. The molecule has 0 bridgehead atoms. The minimum atomic E-state index is 0.171. The van der Waals surface area contributed by atoms with E-state index in [0.29, 0.717) is 0 Å². The van der Waals surface area contributed by atoms with E-state index in [1.165, 1.54) is 15.4 Å². The van der Waals surface area contributed by atoms with Gasteiger partial charge in [0.2, 0.25) is 0 Å². The van der Waals surface area contributed by atoms with Crippen LogP contribution in [0.5, 0.6) is 17.2 Å². The van der Waals surface area contributed by atoms with Gasteiger partial charge in [0.25, 0.3) is 0 Å². The lowest BCUT2D eigenvalue weighted by atomic mass is 9.87. The Morgan fingerprint density at radius 3 is 1.25 bits per heavy atom. The molecule has 4 aromatic rings. The Morgan fingerprint density at radius 1 is 0.531 bits per heavy atom. The first-order valence-electron chi connectivity index (χ1n) is 10.5.